The zero-order chi connectivity index (χ0) is 19.5. The van der Waals surface area contributed by atoms with Gasteiger partial charge in [-0.1, -0.05) is 29.8 Å². The maximum absolute atomic E-state index is 12.5. The second-order valence-corrected chi connectivity index (χ2v) is 7.66. The second kappa shape index (κ2) is 8.05. The van der Waals surface area contributed by atoms with Crippen molar-refractivity contribution in [1.82, 2.24) is 14.9 Å². The first-order valence-corrected chi connectivity index (χ1v) is 10.0. The monoisotopic (exact) mass is 377 g/mol. The molecule has 1 aliphatic rings. The maximum atomic E-state index is 12.5. The molecule has 5 heteroatoms. The number of benzene rings is 2. The van der Waals surface area contributed by atoms with Crippen molar-refractivity contribution < 1.29 is 9.53 Å². The van der Waals surface area contributed by atoms with E-state index >= 15 is 0 Å². The molecule has 0 saturated carbocycles. The van der Waals surface area contributed by atoms with Gasteiger partial charge in [0.25, 0.3) is 0 Å². The topological polar surface area (TPSA) is 58.2 Å². The van der Waals surface area contributed by atoms with Crippen molar-refractivity contribution in [3.63, 3.8) is 0 Å². The van der Waals surface area contributed by atoms with Crippen LogP contribution in [0.2, 0.25) is 0 Å². The zero-order valence-corrected chi connectivity index (χ0v) is 16.6. The second-order valence-electron chi connectivity index (χ2n) is 7.66. The minimum atomic E-state index is 0.174. The summed E-state index contributed by atoms with van der Waals surface area (Å²) in [5.74, 6) is 2.48. The number of aromatic amines is 1. The Balaban J connectivity index is 1.26. The number of amides is 1. The van der Waals surface area contributed by atoms with E-state index in [4.69, 9.17) is 9.72 Å². The number of rotatable bonds is 5. The normalized spacial score (nSPS) is 15.1. The van der Waals surface area contributed by atoms with Crippen molar-refractivity contribution in [2.45, 2.75) is 39.0 Å². The number of hydrogen-bond donors (Lipinski definition) is 1. The number of piperidine rings is 1. The fraction of sp³-hybridized carbons (Fsp3) is 0.391. The summed E-state index contributed by atoms with van der Waals surface area (Å²) in [4.78, 5) is 22.7. The van der Waals surface area contributed by atoms with Crippen LogP contribution in [0.15, 0.2) is 42.5 Å². The summed E-state index contributed by atoms with van der Waals surface area (Å²) in [5, 5.41) is 0. The van der Waals surface area contributed by atoms with Crippen molar-refractivity contribution in [2.75, 3.05) is 19.7 Å². The van der Waals surface area contributed by atoms with E-state index in [1.54, 1.807) is 0 Å². The largest absolute Gasteiger partial charge is 0.493 e. The van der Waals surface area contributed by atoms with Crippen LogP contribution in [0.3, 0.4) is 0 Å². The van der Waals surface area contributed by atoms with Crippen molar-refractivity contribution in [3.8, 4) is 5.75 Å². The van der Waals surface area contributed by atoms with Crippen LogP contribution in [0.1, 0.15) is 42.1 Å². The quantitative estimate of drug-likeness (QED) is 0.719. The minimum Gasteiger partial charge on any atom is -0.493 e. The van der Waals surface area contributed by atoms with Gasteiger partial charge < -0.3 is 14.6 Å². The number of para-hydroxylation sites is 2. The van der Waals surface area contributed by atoms with Gasteiger partial charge in [0.2, 0.25) is 5.91 Å². The summed E-state index contributed by atoms with van der Waals surface area (Å²) < 4.78 is 5.81. The number of nitrogens with zero attached hydrogens (tertiary/aromatic N) is 2. The molecule has 0 unspecified atom stereocenters. The van der Waals surface area contributed by atoms with Crippen molar-refractivity contribution in [3.05, 3.63) is 59.4 Å². The minimum absolute atomic E-state index is 0.174. The van der Waals surface area contributed by atoms with Crippen LogP contribution in [0.25, 0.3) is 11.0 Å². The van der Waals surface area contributed by atoms with Crippen molar-refractivity contribution >= 4 is 16.9 Å². The highest BCUT2D eigenvalue weighted by atomic mass is 16.5. The van der Waals surface area contributed by atoms with Gasteiger partial charge in [-0.2, -0.15) is 0 Å². The van der Waals surface area contributed by atoms with E-state index in [0.29, 0.717) is 18.9 Å². The van der Waals surface area contributed by atoms with Gasteiger partial charge in [-0.05, 0) is 50.5 Å². The third-order valence-electron chi connectivity index (χ3n) is 5.55. The van der Waals surface area contributed by atoms with Crippen molar-refractivity contribution in [2.24, 2.45) is 0 Å². The molecular formula is C23H27N3O2. The standard InChI is InChI=1S/C23H27N3O2/c1-16-7-8-21(17(2)15-16)28-14-11-22(27)26-12-9-18(10-13-26)23-24-19-5-3-4-6-20(19)25-23/h3-8,15,18H,9-14H2,1-2H3,(H,24,25). The molecule has 5 nitrogen and oxygen atoms in total. The molecule has 1 amide bonds. The molecule has 0 aliphatic carbocycles. The molecule has 146 valence electrons. The average molecular weight is 377 g/mol. The van der Waals surface area contributed by atoms with Gasteiger partial charge in [0.15, 0.2) is 0 Å². The Morgan fingerprint density at radius 1 is 1.18 bits per heavy atom. The summed E-state index contributed by atoms with van der Waals surface area (Å²) in [6, 6.07) is 14.2. The van der Waals surface area contributed by atoms with E-state index in [-0.39, 0.29) is 5.91 Å². The molecule has 0 radical (unpaired) electrons. The average Bonchev–Trinajstić information content (AvgIpc) is 3.14. The van der Waals surface area contributed by atoms with Gasteiger partial charge in [-0.3, -0.25) is 4.79 Å². The molecule has 2 aromatic carbocycles. The van der Waals surface area contributed by atoms with E-state index in [1.807, 2.05) is 42.2 Å². The lowest BCUT2D eigenvalue weighted by Crippen LogP contribution is -2.38. The lowest BCUT2D eigenvalue weighted by Gasteiger charge is -2.31. The summed E-state index contributed by atoms with van der Waals surface area (Å²) in [5.41, 5.74) is 4.42. The molecule has 1 aromatic heterocycles. The number of carbonyl (C=O) groups excluding carboxylic acids is 1. The molecule has 0 bridgehead atoms. The molecular weight excluding hydrogens is 350 g/mol. The first kappa shape index (κ1) is 18.5. The number of carbonyl (C=O) groups is 1. The Morgan fingerprint density at radius 3 is 2.71 bits per heavy atom. The molecule has 1 fully saturated rings. The molecule has 1 aliphatic heterocycles. The fourth-order valence-electron chi connectivity index (χ4n) is 3.94. The van der Waals surface area contributed by atoms with Crippen LogP contribution in [0, 0.1) is 13.8 Å². The molecule has 0 atom stereocenters. The van der Waals surface area contributed by atoms with Gasteiger partial charge in [0.05, 0.1) is 24.1 Å². The summed E-state index contributed by atoms with van der Waals surface area (Å²) in [7, 11) is 0. The zero-order valence-electron chi connectivity index (χ0n) is 16.6. The maximum Gasteiger partial charge on any atom is 0.225 e. The fourth-order valence-corrected chi connectivity index (χ4v) is 3.94. The lowest BCUT2D eigenvalue weighted by molar-refractivity contribution is -0.132. The van der Waals surface area contributed by atoms with Gasteiger partial charge >= 0.3 is 0 Å². The molecule has 1 saturated heterocycles. The Labute approximate surface area is 165 Å². The molecule has 1 N–H and O–H groups in total. The Bertz CT molecular complexity index is 938. The number of ether oxygens (including phenoxy) is 1. The van der Waals surface area contributed by atoms with Crippen LogP contribution in [-0.4, -0.2) is 40.5 Å². The summed E-state index contributed by atoms with van der Waals surface area (Å²) in [6.07, 6.45) is 2.32. The van der Waals surface area contributed by atoms with Crippen LogP contribution in [0.5, 0.6) is 5.75 Å². The third kappa shape index (κ3) is 4.03. The van der Waals surface area contributed by atoms with Crippen LogP contribution in [-0.2, 0) is 4.79 Å². The highest BCUT2D eigenvalue weighted by Crippen LogP contribution is 2.28. The molecule has 28 heavy (non-hydrogen) atoms. The highest BCUT2D eigenvalue weighted by molar-refractivity contribution is 5.76. The molecule has 2 heterocycles. The number of nitrogens with one attached hydrogen (secondary N) is 1. The van der Waals surface area contributed by atoms with Gasteiger partial charge in [-0.25, -0.2) is 4.98 Å². The number of H-pyrrole nitrogens is 1. The van der Waals surface area contributed by atoms with E-state index in [9.17, 15) is 4.79 Å². The first-order chi connectivity index (χ1) is 13.6. The van der Waals surface area contributed by atoms with E-state index in [2.05, 4.69) is 24.0 Å². The smallest absolute Gasteiger partial charge is 0.225 e. The summed E-state index contributed by atoms with van der Waals surface area (Å²) >= 11 is 0. The number of hydrogen-bond acceptors (Lipinski definition) is 3. The van der Waals surface area contributed by atoms with E-state index < -0.39 is 0 Å². The molecule has 4 rings (SSSR count). The number of aryl methyl sites for hydroxylation is 2. The number of imidazole rings is 1. The first-order valence-electron chi connectivity index (χ1n) is 10.0. The highest BCUT2D eigenvalue weighted by Gasteiger charge is 2.25. The number of aromatic nitrogens is 2. The van der Waals surface area contributed by atoms with Gasteiger partial charge in [0.1, 0.15) is 11.6 Å². The summed E-state index contributed by atoms with van der Waals surface area (Å²) in [6.45, 7) is 6.09. The van der Waals surface area contributed by atoms with Crippen molar-refractivity contribution in [1.29, 1.82) is 0 Å². The number of fused-ring (bicyclic) bond motifs is 1. The van der Waals surface area contributed by atoms with Gasteiger partial charge in [-0.15, -0.1) is 0 Å². The predicted molar refractivity (Wildman–Crippen MR) is 111 cm³/mol. The lowest BCUT2D eigenvalue weighted by atomic mass is 9.96. The predicted octanol–water partition coefficient (Wildman–Crippen LogP) is 4.35. The SMILES string of the molecule is Cc1ccc(OCCC(=O)N2CCC(c3nc4ccccc4[nH]3)CC2)c(C)c1. The van der Waals surface area contributed by atoms with E-state index in [1.165, 1.54) is 5.56 Å². The molecule has 0 spiro atoms. The Morgan fingerprint density at radius 2 is 1.96 bits per heavy atom. The van der Waals surface area contributed by atoms with Crippen LogP contribution in [0.4, 0.5) is 0 Å². The van der Waals surface area contributed by atoms with Crippen LogP contribution < -0.4 is 4.74 Å². The van der Waals surface area contributed by atoms with Gasteiger partial charge in [0, 0.05) is 19.0 Å². The van der Waals surface area contributed by atoms with E-state index in [0.717, 1.165) is 54.1 Å². The third-order valence-corrected chi connectivity index (χ3v) is 5.55. The number of likely N-dealkylation sites (tertiary alicyclic amines) is 1. The van der Waals surface area contributed by atoms with Crippen LogP contribution >= 0.6 is 0 Å². The Hall–Kier alpha value is -2.82. The Kier molecular flexibility index (Phi) is 5.33. The molecule has 3 aromatic rings.